The van der Waals surface area contributed by atoms with Crippen LogP contribution in [0.25, 0.3) is 0 Å². The molecule has 1 aromatic heterocycles. The maximum Gasteiger partial charge on any atom is 0.250 e. The summed E-state index contributed by atoms with van der Waals surface area (Å²) in [5.41, 5.74) is 0.894. The van der Waals surface area contributed by atoms with Gasteiger partial charge < -0.3 is 4.74 Å². The highest BCUT2D eigenvalue weighted by Crippen LogP contribution is 2.20. The molecular formula is C14H17NO3S2. The van der Waals surface area contributed by atoms with Gasteiger partial charge in [-0.15, -0.1) is 11.3 Å². The molecule has 0 radical (unpaired) electrons. The van der Waals surface area contributed by atoms with Crippen LogP contribution in [0.2, 0.25) is 0 Å². The first-order chi connectivity index (χ1) is 9.51. The molecule has 1 N–H and O–H groups in total. The predicted octanol–water partition coefficient (Wildman–Crippen LogP) is 2.93. The van der Waals surface area contributed by atoms with E-state index in [-0.39, 0.29) is 6.54 Å². The third-order valence-electron chi connectivity index (χ3n) is 2.68. The molecule has 1 heterocycles. The number of ether oxygens (including phenoxy) is 1. The van der Waals surface area contributed by atoms with Gasteiger partial charge in [-0.3, -0.25) is 0 Å². The number of hydrogen-bond donors (Lipinski definition) is 1. The smallest absolute Gasteiger partial charge is 0.250 e. The molecule has 0 saturated carbocycles. The third kappa shape index (κ3) is 3.82. The highest BCUT2D eigenvalue weighted by molar-refractivity contribution is 7.91. The summed E-state index contributed by atoms with van der Waals surface area (Å²) in [6.45, 7) is 4.69. The molecule has 0 unspecified atom stereocenters. The summed E-state index contributed by atoms with van der Waals surface area (Å²) in [5.74, 6) is 0.785. The number of benzene rings is 1. The first kappa shape index (κ1) is 15.0. The van der Waals surface area contributed by atoms with Crippen molar-refractivity contribution in [3.8, 4) is 5.75 Å². The lowest BCUT2D eigenvalue weighted by Gasteiger charge is -2.06. The minimum Gasteiger partial charge on any atom is -0.494 e. The van der Waals surface area contributed by atoms with Crippen LogP contribution in [-0.2, 0) is 16.6 Å². The summed E-state index contributed by atoms with van der Waals surface area (Å²) in [7, 11) is -3.42. The molecule has 6 heteroatoms. The molecule has 2 aromatic rings. The largest absolute Gasteiger partial charge is 0.494 e. The fourth-order valence-corrected chi connectivity index (χ4v) is 4.02. The molecule has 0 saturated heterocycles. The van der Waals surface area contributed by atoms with Crippen LogP contribution in [0.1, 0.15) is 17.4 Å². The second-order valence-corrected chi connectivity index (χ2v) is 7.55. The summed E-state index contributed by atoms with van der Waals surface area (Å²) in [4.78, 5) is 0.978. The van der Waals surface area contributed by atoms with E-state index >= 15 is 0 Å². The van der Waals surface area contributed by atoms with Gasteiger partial charge in [-0.05, 0) is 43.7 Å². The van der Waals surface area contributed by atoms with Crippen molar-refractivity contribution in [1.29, 1.82) is 0 Å². The average molecular weight is 311 g/mol. The van der Waals surface area contributed by atoms with Crippen molar-refractivity contribution in [1.82, 2.24) is 4.72 Å². The van der Waals surface area contributed by atoms with Gasteiger partial charge in [-0.1, -0.05) is 12.1 Å². The summed E-state index contributed by atoms with van der Waals surface area (Å²) >= 11 is 1.27. The summed E-state index contributed by atoms with van der Waals surface area (Å²) < 4.78 is 32.4. The molecule has 0 aliphatic heterocycles. The molecule has 0 spiro atoms. The molecule has 0 atom stereocenters. The van der Waals surface area contributed by atoms with Crippen molar-refractivity contribution < 1.29 is 13.2 Å². The zero-order valence-corrected chi connectivity index (χ0v) is 13.1. The van der Waals surface area contributed by atoms with Gasteiger partial charge in [0.25, 0.3) is 0 Å². The van der Waals surface area contributed by atoms with Gasteiger partial charge in [0, 0.05) is 11.4 Å². The van der Waals surface area contributed by atoms with Crippen molar-refractivity contribution in [2.45, 2.75) is 24.6 Å². The van der Waals surface area contributed by atoms with E-state index in [9.17, 15) is 8.42 Å². The van der Waals surface area contributed by atoms with E-state index in [2.05, 4.69) is 4.72 Å². The molecule has 2 rings (SSSR count). The van der Waals surface area contributed by atoms with Gasteiger partial charge in [0.05, 0.1) is 6.61 Å². The summed E-state index contributed by atoms with van der Waals surface area (Å²) in [6, 6.07) is 10.8. The minimum atomic E-state index is -3.42. The molecule has 0 aliphatic rings. The zero-order valence-electron chi connectivity index (χ0n) is 11.4. The van der Waals surface area contributed by atoms with Crippen molar-refractivity contribution in [3.63, 3.8) is 0 Å². The monoisotopic (exact) mass is 311 g/mol. The molecule has 1 aromatic carbocycles. The number of hydrogen-bond acceptors (Lipinski definition) is 4. The quantitative estimate of drug-likeness (QED) is 0.892. The lowest BCUT2D eigenvalue weighted by atomic mass is 10.2. The Morgan fingerprint density at radius 2 is 1.85 bits per heavy atom. The van der Waals surface area contributed by atoms with Crippen LogP contribution in [-0.4, -0.2) is 15.0 Å². The first-order valence-electron chi connectivity index (χ1n) is 6.29. The van der Waals surface area contributed by atoms with Crippen LogP contribution in [0.15, 0.2) is 40.6 Å². The van der Waals surface area contributed by atoms with E-state index in [0.717, 1.165) is 16.2 Å². The fourth-order valence-electron chi connectivity index (χ4n) is 1.68. The number of nitrogens with one attached hydrogen (secondary N) is 1. The lowest BCUT2D eigenvalue weighted by Crippen LogP contribution is -2.22. The van der Waals surface area contributed by atoms with Crippen LogP contribution in [0, 0.1) is 6.92 Å². The van der Waals surface area contributed by atoms with Crippen LogP contribution in [0.4, 0.5) is 0 Å². The van der Waals surface area contributed by atoms with E-state index in [4.69, 9.17) is 4.74 Å². The Morgan fingerprint density at radius 1 is 1.15 bits per heavy atom. The average Bonchev–Trinajstić information content (AvgIpc) is 2.86. The Bertz CT molecular complexity index is 660. The van der Waals surface area contributed by atoms with E-state index in [1.807, 2.05) is 38.1 Å². The molecule has 0 aliphatic carbocycles. The number of sulfonamides is 1. The second kappa shape index (κ2) is 6.39. The van der Waals surface area contributed by atoms with Crippen molar-refractivity contribution in [3.05, 3.63) is 46.8 Å². The minimum absolute atomic E-state index is 0.270. The summed E-state index contributed by atoms with van der Waals surface area (Å²) in [5, 5.41) is 0. The van der Waals surface area contributed by atoms with Gasteiger partial charge in [-0.2, -0.15) is 0 Å². The van der Waals surface area contributed by atoms with Crippen molar-refractivity contribution >= 4 is 21.4 Å². The van der Waals surface area contributed by atoms with Crippen molar-refractivity contribution in [2.75, 3.05) is 6.61 Å². The zero-order chi connectivity index (χ0) is 14.6. The van der Waals surface area contributed by atoms with E-state index in [1.165, 1.54) is 11.3 Å². The number of thiophene rings is 1. The lowest BCUT2D eigenvalue weighted by molar-refractivity contribution is 0.340. The molecule has 4 nitrogen and oxygen atoms in total. The topological polar surface area (TPSA) is 55.4 Å². The highest BCUT2D eigenvalue weighted by Gasteiger charge is 2.15. The molecule has 20 heavy (non-hydrogen) atoms. The number of rotatable bonds is 6. The van der Waals surface area contributed by atoms with Crippen LogP contribution < -0.4 is 9.46 Å². The maximum atomic E-state index is 12.1. The summed E-state index contributed by atoms with van der Waals surface area (Å²) in [6.07, 6.45) is 0. The van der Waals surface area contributed by atoms with Crippen LogP contribution >= 0.6 is 11.3 Å². The Morgan fingerprint density at radius 3 is 2.40 bits per heavy atom. The standard InChI is InChI=1S/C14H17NO3S2/c1-3-18-13-7-5-12(6-8-13)10-15-20(16,17)14-9-4-11(2)19-14/h4-9,15H,3,10H2,1-2H3. The Hall–Kier alpha value is -1.37. The molecule has 108 valence electrons. The van der Waals surface area contributed by atoms with E-state index in [1.54, 1.807) is 12.1 Å². The van der Waals surface area contributed by atoms with E-state index in [0.29, 0.717) is 10.8 Å². The third-order valence-corrected chi connectivity index (χ3v) is 5.57. The first-order valence-corrected chi connectivity index (χ1v) is 8.59. The van der Waals surface area contributed by atoms with Crippen LogP contribution in [0.5, 0.6) is 5.75 Å². The normalized spacial score (nSPS) is 11.5. The SMILES string of the molecule is CCOc1ccc(CNS(=O)(=O)c2ccc(C)s2)cc1. The van der Waals surface area contributed by atoms with Gasteiger partial charge in [0.15, 0.2) is 0 Å². The van der Waals surface area contributed by atoms with Crippen LogP contribution in [0.3, 0.4) is 0 Å². The molecular weight excluding hydrogens is 294 g/mol. The Labute approximate surface area is 123 Å². The number of aryl methyl sites for hydroxylation is 1. The van der Waals surface area contributed by atoms with E-state index < -0.39 is 10.0 Å². The molecule has 0 bridgehead atoms. The molecule has 0 amide bonds. The van der Waals surface area contributed by atoms with Gasteiger partial charge >= 0.3 is 0 Å². The van der Waals surface area contributed by atoms with Crippen molar-refractivity contribution in [2.24, 2.45) is 0 Å². The Kier molecular flexibility index (Phi) is 4.80. The fraction of sp³-hybridized carbons (Fsp3) is 0.286. The molecule has 0 fully saturated rings. The van der Waals surface area contributed by atoms with Gasteiger partial charge in [0.1, 0.15) is 9.96 Å². The maximum absolute atomic E-state index is 12.1. The second-order valence-electron chi connectivity index (χ2n) is 4.27. The van der Waals surface area contributed by atoms with Gasteiger partial charge in [0.2, 0.25) is 10.0 Å². The van der Waals surface area contributed by atoms with Gasteiger partial charge in [-0.25, -0.2) is 13.1 Å². The Balaban J connectivity index is 2.01. The highest BCUT2D eigenvalue weighted by atomic mass is 32.2. The predicted molar refractivity (Wildman–Crippen MR) is 80.7 cm³/mol.